The lowest BCUT2D eigenvalue weighted by Gasteiger charge is -2.23. The van der Waals surface area contributed by atoms with Crippen LogP contribution in [0.1, 0.15) is 33.9 Å². The second kappa shape index (κ2) is 12.3. The summed E-state index contributed by atoms with van der Waals surface area (Å²) < 4.78 is 11.9. The number of rotatable bonds is 9. The van der Waals surface area contributed by atoms with Gasteiger partial charge in [-0.2, -0.15) is 0 Å². The molecule has 1 aliphatic rings. The largest absolute Gasteiger partial charge is 0.507 e. The van der Waals surface area contributed by atoms with Crippen molar-refractivity contribution in [2.75, 3.05) is 4.90 Å². The fourth-order valence-electron chi connectivity index (χ4n) is 4.97. The number of ketones is 1. The molecule has 1 aliphatic heterocycles. The number of anilines is 1. The Balaban J connectivity index is 1.29. The highest BCUT2D eigenvalue weighted by Gasteiger charge is 2.48. The predicted molar refractivity (Wildman–Crippen MR) is 166 cm³/mol. The van der Waals surface area contributed by atoms with Crippen molar-refractivity contribution < 1.29 is 24.2 Å². The smallest absolute Gasteiger partial charge is 0.301 e. The molecule has 7 nitrogen and oxygen atoms in total. The summed E-state index contributed by atoms with van der Waals surface area (Å²) in [7, 11) is 0. The van der Waals surface area contributed by atoms with Crippen LogP contribution in [0, 0.1) is 6.92 Å². The van der Waals surface area contributed by atoms with E-state index in [9.17, 15) is 14.7 Å². The van der Waals surface area contributed by atoms with E-state index in [0.717, 1.165) is 16.7 Å². The quantitative estimate of drug-likeness (QED) is 0.111. The van der Waals surface area contributed by atoms with E-state index in [1.54, 1.807) is 60.1 Å². The van der Waals surface area contributed by atoms with Crippen LogP contribution in [0.25, 0.3) is 5.76 Å². The summed E-state index contributed by atoms with van der Waals surface area (Å²) in [5.41, 5.74) is 4.28. The second-order valence-electron chi connectivity index (χ2n) is 10.1. The summed E-state index contributed by atoms with van der Waals surface area (Å²) >= 11 is 1.25. The van der Waals surface area contributed by atoms with Crippen LogP contribution in [-0.2, 0) is 22.8 Å². The Labute approximate surface area is 253 Å². The van der Waals surface area contributed by atoms with Crippen LogP contribution in [0.2, 0.25) is 0 Å². The summed E-state index contributed by atoms with van der Waals surface area (Å²) in [4.78, 5) is 32.4. The van der Waals surface area contributed by atoms with Crippen LogP contribution < -0.4 is 14.4 Å². The number of hydrogen-bond donors (Lipinski definition) is 1. The molecular formula is C35H28N2O5S. The van der Waals surface area contributed by atoms with Gasteiger partial charge in [0.25, 0.3) is 5.78 Å². The zero-order valence-corrected chi connectivity index (χ0v) is 24.2. The summed E-state index contributed by atoms with van der Waals surface area (Å²) in [6, 6.07) is 31.0. The second-order valence-corrected chi connectivity index (χ2v) is 10.9. The number of amides is 1. The van der Waals surface area contributed by atoms with Crippen LogP contribution in [0.15, 0.2) is 120 Å². The molecule has 214 valence electrons. The van der Waals surface area contributed by atoms with Crippen LogP contribution in [0.5, 0.6) is 11.5 Å². The van der Waals surface area contributed by atoms with E-state index in [1.807, 2.05) is 61.5 Å². The lowest BCUT2D eigenvalue weighted by molar-refractivity contribution is -0.132. The molecule has 0 aliphatic carbocycles. The topological polar surface area (TPSA) is 89.0 Å². The van der Waals surface area contributed by atoms with Gasteiger partial charge in [-0.1, -0.05) is 66.7 Å². The zero-order valence-electron chi connectivity index (χ0n) is 23.3. The average molecular weight is 589 g/mol. The molecule has 1 aromatic heterocycles. The van der Waals surface area contributed by atoms with Crippen LogP contribution in [-0.4, -0.2) is 21.8 Å². The number of aliphatic hydroxyl groups is 1. The van der Waals surface area contributed by atoms with Crippen molar-refractivity contribution in [3.63, 3.8) is 0 Å². The zero-order chi connectivity index (χ0) is 29.8. The van der Waals surface area contributed by atoms with Gasteiger partial charge in [-0.25, -0.2) is 4.98 Å². The van der Waals surface area contributed by atoms with Gasteiger partial charge < -0.3 is 14.6 Å². The third kappa shape index (κ3) is 5.91. The Morgan fingerprint density at radius 3 is 2.16 bits per heavy atom. The SMILES string of the molecule is Cc1ccccc1COc1ccc(/C(O)=C2\C(=O)C(=O)N(c3nccs3)C2c2ccc(OCc3ccccc3)cc2)cc1. The number of carbonyl (C=O) groups is 2. The van der Waals surface area contributed by atoms with Gasteiger partial charge in [0.05, 0.1) is 11.6 Å². The Bertz CT molecular complexity index is 1770. The number of aliphatic hydroxyl groups excluding tert-OH is 1. The molecule has 43 heavy (non-hydrogen) atoms. The maximum Gasteiger partial charge on any atom is 0.301 e. The highest BCUT2D eigenvalue weighted by Crippen LogP contribution is 2.43. The maximum absolute atomic E-state index is 13.4. The minimum Gasteiger partial charge on any atom is -0.507 e. The van der Waals surface area contributed by atoms with E-state index in [0.29, 0.717) is 41.0 Å². The number of hydrogen-bond acceptors (Lipinski definition) is 7. The molecular weight excluding hydrogens is 560 g/mol. The van der Waals surface area contributed by atoms with Gasteiger partial charge in [0.2, 0.25) is 0 Å². The standard InChI is InChI=1S/C35H28N2O5S/c1-23-7-5-6-10-27(23)22-42-29-17-13-26(14-18-29)32(38)30-31(37(34(40)33(30)39)35-36-19-20-43-35)25-11-15-28(16-12-25)41-21-24-8-3-2-4-9-24/h2-20,31,38H,21-22H2,1H3/b32-30+. The molecule has 1 atom stereocenters. The molecule has 1 saturated heterocycles. The number of ether oxygens (including phenoxy) is 2. The lowest BCUT2D eigenvalue weighted by atomic mass is 9.95. The Kier molecular flexibility index (Phi) is 8.02. The number of aryl methyl sites for hydroxylation is 1. The van der Waals surface area contributed by atoms with Crippen molar-refractivity contribution in [3.05, 3.63) is 148 Å². The highest BCUT2D eigenvalue weighted by atomic mass is 32.1. The van der Waals surface area contributed by atoms with E-state index in [-0.39, 0.29) is 11.3 Å². The molecule has 5 aromatic rings. The van der Waals surface area contributed by atoms with Gasteiger partial charge >= 0.3 is 5.91 Å². The number of carbonyl (C=O) groups excluding carboxylic acids is 2. The van der Waals surface area contributed by atoms with E-state index in [2.05, 4.69) is 4.98 Å². The molecule has 1 fully saturated rings. The Morgan fingerprint density at radius 2 is 1.49 bits per heavy atom. The van der Waals surface area contributed by atoms with Crippen molar-refractivity contribution in [2.45, 2.75) is 26.2 Å². The first kappa shape index (κ1) is 27.9. The molecule has 1 N–H and O–H groups in total. The van der Waals surface area contributed by atoms with Gasteiger partial charge in [-0.3, -0.25) is 14.5 Å². The van der Waals surface area contributed by atoms with Crippen molar-refractivity contribution in [2.24, 2.45) is 0 Å². The summed E-state index contributed by atoms with van der Waals surface area (Å²) in [5, 5.41) is 13.6. The molecule has 0 bridgehead atoms. The van der Waals surface area contributed by atoms with E-state index >= 15 is 0 Å². The predicted octanol–water partition coefficient (Wildman–Crippen LogP) is 7.24. The van der Waals surface area contributed by atoms with Crippen molar-refractivity contribution in [3.8, 4) is 11.5 Å². The Morgan fingerprint density at radius 1 is 0.837 bits per heavy atom. The number of nitrogens with zero attached hydrogens (tertiary/aromatic N) is 2. The summed E-state index contributed by atoms with van der Waals surface area (Å²) in [6.07, 6.45) is 1.58. The number of benzene rings is 4. The molecule has 0 saturated carbocycles. The van der Waals surface area contributed by atoms with Crippen molar-refractivity contribution in [1.82, 2.24) is 4.98 Å². The van der Waals surface area contributed by atoms with Crippen LogP contribution in [0.4, 0.5) is 5.13 Å². The number of aromatic nitrogens is 1. The van der Waals surface area contributed by atoms with E-state index in [1.165, 1.54) is 16.2 Å². The van der Waals surface area contributed by atoms with Crippen molar-refractivity contribution in [1.29, 1.82) is 0 Å². The average Bonchev–Trinajstić information content (AvgIpc) is 3.66. The van der Waals surface area contributed by atoms with Gasteiger partial charge in [0.1, 0.15) is 30.5 Å². The fourth-order valence-corrected chi connectivity index (χ4v) is 5.63. The summed E-state index contributed by atoms with van der Waals surface area (Å²) in [5.74, 6) is -0.533. The number of thiazole rings is 1. The van der Waals surface area contributed by atoms with Crippen LogP contribution >= 0.6 is 11.3 Å². The van der Waals surface area contributed by atoms with E-state index < -0.39 is 17.7 Å². The number of Topliss-reactive ketones (excluding diaryl/α,β-unsaturated/α-hetero) is 1. The monoisotopic (exact) mass is 588 g/mol. The van der Waals surface area contributed by atoms with Gasteiger partial charge in [0, 0.05) is 17.1 Å². The molecule has 6 rings (SSSR count). The third-order valence-corrected chi connectivity index (χ3v) is 8.07. The third-order valence-electron chi connectivity index (χ3n) is 7.30. The summed E-state index contributed by atoms with van der Waals surface area (Å²) in [6.45, 7) is 2.84. The van der Waals surface area contributed by atoms with E-state index in [4.69, 9.17) is 9.47 Å². The van der Waals surface area contributed by atoms with Crippen molar-refractivity contribution >= 4 is 33.9 Å². The molecule has 1 unspecified atom stereocenters. The fraction of sp³-hybridized carbons (Fsp3) is 0.114. The minimum atomic E-state index is -0.869. The van der Waals surface area contributed by atoms with Gasteiger partial charge in [0.15, 0.2) is 5.13 Å². The molecule has 0 spiro atoms. The normalized spacial score (nSPS) is 15.9. The Hall–Kier alpha value is -5.21. The van der Waals surface area contributed by atoms with Crippen LogP contribution in [0.3, 0.4) is 0 Å². The van der Waals surface area contributed by atoms with Gasteiger partial charge in [-0.05, 0) is 65.6 Å². The molecule has 0 radical (unpaired) electrons. The minimum absolute atomic E-state index is 0.00765. The maximum atomic E-state index is 13.4. The first-order valence-electron chi connectivity index (χ1n) is 13.7. The first-order valence-corrected chi connectivity index (χ1v) is 14.6. The molecule has 2 heterocycles. The molecule has 8 heteroatoms. The first-order chi connectivity index (χ1) is 21.0. The molecule has 1 amide bonds. The highest BCUT2D eigenvalue weighted by molar-refractivity contribution is 7.14. The molecule has 4 aromatic carbocycles. The van der Waals surface area contributed by atoms with Gasteiger partial charge in [-0.15, -0.1) is 11.3 Å². The lowest BCUT2D eigenvalue weighted by Crippen LogP contribution is -2.29.